The molecule has 4 heteroatoms. The molecule has 4 nitrogen and oxygen atoms in total. The fraction of sp³-hybridized carbons (Fsp3) is 0.833. The zero-order valence-electron chi connectivity index (χ0n) is 6.29. The third-order valence-electron chi connectivity index (χ3n) is 1.43. The number of likely N-dealkylation sites (N-methyl/N-ethyl adjacent to an activating group) is 1. The zero-order valence-corrected chi connectivity index (χ0v) is 6.29. The molecule has 0 spiro atoms. The Hall–Kier alpha value is -0.610. The number of rotatable bonds is 0. The first-order valence-corrected chi connectivity index (χ1v) is 3.30. The second-order valence-corrected chi connectivity index (χ2v) is 2.45. The Balaban J connectivity index is 0.000000236. The monoisotopic (exact) mass is 145 g/mol. The number of primary amides is 1. The van der Waals surface area contributed by atoms with Gasteiger partial charge in [0.1, 0.15) is 0 Å². The maximum Gasteiger partial charge on any atom is 0.204 e. The molecular weight excluding hydrogens is 130 g/mol. The average molecular weight is 145 g/mol. The van der Waals surface area contributed by atoms with E-state index in [2.05, 4.69) is 17.7 Å². The molecule has 1 heterocycles. The Morgan fingerprint density at radius 1 is 1.70 bits per heavy atom. The van der Waals surface area contributed by atoms with Crippen molar-refractivity contribution in [2.24, 2.45) is 11.5 Å². The minimum absolute atomic E-state index is 0.250. The third kappa shape index (κ3) is 4.29. The lowest BCUT2D eigenvalue weighted by Gasteiger charge is -2.03. The highest BCUT2D eigenvalue weighted by molar-refractivity contribution is 5.42. The second-order valence-electron chi connectivity index (χ2n) is 2.45. The molecule has 0 aromatic rings. The summed E-state index contributed by atoms with van der Waals surface area (Å²) in [5.41, 5.74) is 9.75. The molecule has 1 aliphatic heterocycles. The molecule has 1 saturated heterocycles. The number of hydrogen-bond donors (Lipinski definition) is 2. The van der Waals surface area contributed by atoms with Crippen molar-refractivity contribution in [1.29, 1.82) is 0 Å². The number of likely N-dealkylation sites (tertiary alicyclic amines) is 1. The number of nitrogens with zero attached hydrogens (tertiary/aromatic N) is 1. The molecular formula is C6H15N3O. The SMILES string of the molecule is CN1CC[C@@H](N)C1.NC=O. The molecule has 0 aromatic carbocycles. The first-order chi connectivity index (χ1) is 4.70. The van der Waals surface area contributed by atoms with E-state index in [0.717, 1.165) is 6.54 Å². The summed E-state index contributed by atoms with van der Waals surface area (Å²) in [6.45, 7) is 2.27. The van der Waals surface area contributed by atoms with Crippen LogP contribution in [0.4, 0.5) is 0 Å². The van der Waals surface area contributed by atoms with Crippen molar-refractivity contribution in [3.05, 3.63) is 0 Å². The van der Waals surface area contributed by atoms with E-state index in [9.17, 15) is 0 Å². The van der Waals surface area contributed by atoms with Crippen LogP contribution in [-0.2, 0) is 4.79 Å². The first kappa shape index (κ1) is 9.39. The second kappa shape index (κ2) is 5.20. The van der Waals surface area contributed by atoms with Crippen LogP contribution in [-0.4, -0.2) is 37.5 Å². The van der Waals surface area contributed by atoms with Crippen molar-refractivity contribution in [2.75, 3.05) is 20.1 Å². The van der Waals surface area contributed by atoms with Gasteiger partial charge in [-0.3, -0.25) is 4.79 Å². The van der Waals surface area contributed by atoms with E-state index in [-0.39, 0.29) is 6.41 Å². The minimum Gasteiger partial charge on any atom is -0.372 e. The van der Waals surface area contributed by atoms with Crippen molar-refractivity contribution in [3.63, 3.8) is 0 Å². The van der Waals surface area contributed by atoms with Crippen LogP contribution in [0.3, 0.4) is 0 Å². The standard InChI is InChI=1S/C5H12N2.CH3NO/c1-7-3-2-5(6)4-7;2-1-3/h5H,2-4,6H2,1H3;1H,(H2,2,3)/t5-;/m1./s1. The van der Waals surface area contributed by atoms with Gasteiger partial charge in [0, 0.05) is 12.6 Å². The number of nitrogens with two attached hydrogens (primary N) is 2. The maximum absolute atomic E-state index is 8.58. The summed E-state index contributed by atoms with van der Waals surface area (Å²) in [4.78, 5) is 10.8. The third-order valence-corrected chi connectivity index (χ3v) is 1.43. The molecule has 1 fully saturated rings. The van der Waals surface area contributed by atoms with Crippen LogP contribution in [0.5, 0.6) is 0 Å². The molecule has 60 valence electrons. The zero-order chi connectivity index (χ0) is 7.98. The van der Waals surface area contributed by atoms with Crippen LogP contribution in [0.25, 0.3) is 0 Å². The molecule has 0 aliphatic carbocycles. The highest BCUT2D eigenvalue weighted by Crippen LogP contribution is 2.01. The largest absolute Gasteiger partial charge is 0.372 e. The molecule has 0 bridgehead atoms. The number of carbonyl (C=O) groups excluding carboxylic acids is 1. The normalized spacial score (nSPS) is 25.2. The van der Waals surface area contributed by atoms with E-state index in [1.807, 2.05) is 0 Å². The van der Waals surface area contributed by atoms with Gasteiger partial charge in [-0.1, -0.05) is 0 Å². The topological polar surface area (TPSA) is 72.3 Å². The maximum atomic E-state index is 8.58. The minimum atomic E-state index is 0.250. The lowest BCUT2D eigenvalue weighted by atomic mass is 10.3. The summed E-state index contributed by atoms with van der Waals surface area (Å²) in [6, 6.07) is 0.449. The van der Waals surface area contributed by atoms with Gasteiger partial charge >= 0.3 is 0 Å². The lowest BCUT2D eigenvalue weighted by Crippen LogP contribution is -2.23. The molecule has 0 radical (unpaired) electrons. The smallest absolute Gasteiger partial charge is 0.204 e. The van der Waals surface area contributed by atoms with Gasteiger partial charge in [0.05, 0.1) is 0 Å². The fourth-order valence-corrected chi connectivity index (χ4v) is 0.969. The predicted octanol–water partition coefficient (Wildman–Crippen LogP) is -1.25. The van der Waals surface area contributed by atoms with Gasteiger partial charge < -0.3 is 16.4 Å². The van der Waals surface area contributed by atoms with Gasteiger partial charge in [0.25, 0.3) is 0 Å². The molecule has 0 saturated carbocycles. The summed E-state index contributed by atoms with van der Waals surface area (Å²) in [5, 5.41) is 0. The van der Waals surface area contributed by atoms with Crippen molar-refractivity contribution >= 4 is 6.41 Å². The molecule has 0 aromatic heterocycles. The van der Waals surface area contributed by atoms with E-state index in [1.165, 1.54) is 13.0 Å². The van der Waals surface area contributed by atoms with Gasteiger partial charge in [0.15, 0.2) is 0 Å². The molecule has 1 rings (SSSR count). The van der Waals surface area contributed by atoms with Gasteiger partial charge in [-0.15, -0.1) is 0 Å². The Bertz CT molecular complexity index is 89.0. The van der Waals surface area contributed by atoms with Crippen molar-refractivity contribution in [1.82, 2.24) is 4.90 Å². The predicted molar refractivity (Wildman–Crippen MR) is 40.3 cm³/mol. The molecule has 0 unspecified atom stereocenters. The number of hydrogen-bond acceptors (Lipinski definition) is 3. The van der Waals surface area contributed by atoms with Crippen molar-refractivity contribution < 1.29 is 4.79 Å². The highest BCUT2D eigenvalue weighted by atomic mass is 16.1. The number of carbonyl (C=O) groups is 1. The molecule has 1 amide bonds. The Labute approximate surface area is 61.2 Å². The van der Waals surface area contributed by atoms with Gasteiger partial charge in [-0.05, 0) is 20.0 Å². The van der Waals surface area contributed by atoms with Crippen LogP contribution >= 0.6 is 0 Å². The summed E-state index contributed by atoms with van der Waals surface area (Å²) < 4.78 is 0. The highest BCUT2D eigenvalue weighted by Gasteiger charge is 2.13. The Morgan fingerprint density at radius 3 is 2.30 bits per heavy atom. The summed E-state index contributed by atoms with van der Waals surface area (Å²) >= 11 is 0. The van der Waals surface area contributed by atoms with Crippen LogP contribution in [0, 0.1) is 0 Å². The van der Waals surface area contributed by atoms with E-state index in [0.29, 0.717) is 6.04 Å². The van der Waals surface area contributed by atoms with Gasteiger partial charge in [0.2, 0.25) is 6.41 Å². The Morgan fingerprint density at radius 2 is 2.20 bits per heavy atom. The van der Waals surface area contributed by atoms with E-state index >= 15 is 0 Å². The summed E-state index contributed by atoms with van der Waals surface area (Å²) in [5.74, 6) is 0. The molecule has 1 aliphatic rings. The lowest BCUT2D eigenvalue weighted by molar-refractivity contribution is -0.106. The van der Waals surface area contributed by atoms with E-state index in [4.69, 9.17) is 10.5 Å². The summed E-state index contributed by atoms with van der Waals surface area (Å²) in [7, 11) is 2.10. The van der Waals surface area contributed by atoms with E-state index < -0.39 is 0 Å². The van der Waals surface area contributed by atoms with Crippen molar-refractivity contribution in [2.45, 2.75) is 12.5 Å². The molecule has 1 atom stereocenters. The summed E-state index contributed by atoms with van der Waals surface area (Å²) in [6.07, 6.45) is 1.43. The Kier molecular flexibility index (Phi) is 4.88. The van der Waals surface area contributed by atoms with Crippen LogP contribution in [0.2, 0.25) is 0 Å². The van der Waals surface area contributed by atoms with Crippen LogP contribution in [0.1, 0.15) is 6.42 Å². The van der Waals surface area contributed by atoms with Crippen molar-refractivity contribution in [3.8, 4) is 0 Å². The van der Waals surface area contributed by atoms with Crippen LogP contribution < -0.4 is 11.5 Å². The van der Waals surface area contributed by atoms with Crippen LogP contribution in [0.15, 0.2) is 0 Å². The molecule has 4 N–H and O–H groups in total. The van der Waals surface area contributed by atoms with Gasteiger partial charge in [-0.2, -0.15) is 0 Å². The van der Waals surface area contributed by atoms with Gasteiger partial charge in [-0.25, -0.2) is 0 Å². The average Bonchev–Trinajstić information content (AvgIpc) is 2.17. The first-order valence-electron chi connectivity index (χ1n) is 3.30. The fourth-order valence-electron chi connectivity index (χ4n) is 0.969. The van der Waals surface area contributed by atoms with E-state index in [1.54, 1.807) is 0 Å². The quantitative estimate of drug-likeness (QED) is 0.418. The molecule has 10 heavy (non-hydrogen) atoms. The number of amides is 1.